The van der Waals surface area contributed by atoms with E-state index in [9.17, 15) is 39.6 Å². The zero-order chi connectivity index (χ0) is 26.8. The van der Waals surface area contributed by atoms with Gasteiger partial charge in [-0.2, -0.15) is 0 Å². The molecule has 12 nitrogen and oxygen atoms in total. The van der Waals surface area contributed by atoms with Crippen molar-refractivity contribution in [2.75, 3.05) is 49.2 Å². The van der Waals surface area contributed by atoms with Gasteiger partial charge in [0.05, 0.1) is 61.4 Å². The monoisotopic (exact) mass is 656 g/mol. The van der Waals surface area contributed by atoms with Crippen LogP contribution in [-0.4, -0.2) is 63.3 Å². The molecule has 0 aliphatic heterocycles. The number of rotatable bonds is 15. The minimum Gasteiger partial charge on any atom is -0.548 e. The Morgan fingerprint density at radius 2 is 0.850 bits per heavy atom. The van der Waals surface area contributed by atoms with Crippen molar-refractivity contribution in [1.29, 1.82) is 0 Å². The number of hydrogen-bond donors (Lipinski definition) is 0. The Morgan fingerprint density at radius 1 is 0.575 bits per heavy atom. The smallest absolute Gasteiger partial charge is 0.548 e. The maximum atomic E-state index is 11.1. The Hall–Kier alpha value is 2.07. The zero-order valence-electron chi connectivity index (χ0n) is 23.7. The van der Waals surface area contributed by atoms with Crippen molar-refractivity contribution in [3.8, 4) is 11.5 Å². The Kier molecular flexibility index (Phi) is 28.3. The summed E-state index contributed by atoms with van der Waals surface area (Å²) in [6.45, 7) is 0.554. The summed E-state index contributed by atoms with van der Waals surface area (Å²) in [6, 6.07) is 9.50. The predicted molar refractivity (Wildman–Crippen MR) is 118 cm³/mol. The number of benzene rings is 2. The molecule has 40 heavy (non-hydrogen) atoms. The fraction of sp³-hybridized carbons (Fsp3) is 0.333. The molecular formula is C24H24K4N2O10. The van der Waals surface area contributed by atoms with Gasteiger partial charge in [0.25, 0.3) is 0 Å². The largest absolute Gasteiger partial charge is 1.00 e. The molecule has 0 aromatic heterocycles. The van der Waals surface area contributed by atoms with Crippen molar-refractivity contribution >= 4 is 35.3 Å². The van der Waals surface area contributed by atoms with Crippen molar-refractivity contribution in [1.82, 2.24) is 0 Å². The number of carboxylic acids is 4. The fourth-order valence-corrected chi connectivity index (χ4v) is 3.38. The summed E-state index contributed by atoms with van der Waals surface area (Å²) in [5.41, 5.74) is 1.91. The first-order valence-corrected chi connectivity index (χ1v) is 10.7. The molecule has 0 saturated heterocycles. The molecule has 0 aliphatic rings. The molecule has 0 aliphatic carbocycles. The summed E-state index contributed by atoms with van der Waals surface area (Å²) in [6.07, 6.45) is 0. The van der Waals surface area contributed by atoms with Crippen LogP contribution in [0.25, 0.3) is 0 Å². The molecule has 0 unspecified atom stereocenters. The SMILES string of the molecule is Cc1ccc(N(CC(=O)[O-])CC(=O)[O-])c(OCCOc2cc(C)ccc2N(CC(=O)[O-])CC(=O)[O-])c1.[K+].[K+].[K+].[K+]. The van der Waals surface area contributed by atoms with E-state index >= 15 is 0 Å². The molecule has 2 rings (SSSR count). The molecule has 2 aromatic carbocycles. The number of aryl methyl sites for hydroxylation is 2. The number of carbonyl (C=O) groups is 4. The van der Waals surface area contributed by atoms with Gasteiger partial charge in [-0.25, -0.2) is 0 Å². The molecule has 0 N–H and O–H groups in total. The normalized spacial score (nSPS) is 9.35. The topological polar surface area (TPSA) is 185 Å². The van der Waals surface area contributed by atoms with E-state index in [0.717, 1.165) is 20.9 Å². The summed E-state index contributed by atoms with van der Waals surface area (Å²) >= 11 is 0. The minimum atomic E-state index is -1.49. The molecule has 2 aromatic rings. The Bertz CT molecular complexity index is 1020. The Morgan fingerprint density at radius 3 is 1.10 bits per heavy atom. The standard InChI is InChI=1S/C24H28N2O10.4K/c1-15-3-5-17(25(11-21(27)28)12-22(29)30)19(9-15)35-7-8-36-20-10-16(2)4-6-18(20)26(13-23(31)32)14-24(33)34;;;;/h3-6,9-10H,7-8,11-14H2,1-2H3,(H,27,28)(H,29,30)(H,31,32)(H,33,34);;;;/q;4*+1/p-4. The number of carboxylic acid groups (broad SMARTS) is 4. The Labute approximate surface area is 402 Å². The molecule has 0 radical (unpaired) electrons. The van der Waals surface area contributed by atoms with Gasteiger partial charge in [-0.05, 0) is 49.2 Å². The first-order chi connectivity index (χ1) is 17.0. The maximum Gasteiger partial charge on any atom is 1.00 e. The summed E-state index contributed by atoms with van der Waals surface area (Å²) in [5, 5.41) is 44.4. The molecule has 0 fully saturated rings. The summed E-state index contributed by atoms with van der Waals surface area (Å²) < 4.78 is 11.5. The maximum absolute atomic E-state index is 11.1. The van der Waals surface area contributed by atoms with Crippen LogP contribution in [0.1, 0.15) is 11.1 Å². The van der Waals surface area contributed by atoms with Crippen LogP contribution in [0.4, 0.5) is 11.4 Å². The van der Waals surface area contributed by atoms with Crippen LogP contribution in [-0.2, 0) is 19.2 Å². The van der Waals surface area contributed by atoms with Gasteiger partial charge in [0, 0.05) is 0 Å². The van der Waals surface area contributed by atoms with E-state index in [4.69, 9.17) is 9.47 Å². The third-order valence-corrected chi connectivity index (χ3v) is 4.79. The number of nitrogens with zero attached hydrogens (tertiary/aromatic N) is 2. The molecule has 0 spiro atoms. The van der Waals surface area contributed by atoms with E-state index in [1.54, 1.807) is 38.1 Å². The first-order valence-electron chi connectivity index (χ1n) is 10.7. The predicted octanol–water partition coefficient (Wildman–Crippen LogP) is -15.6. The quantitative estimate of drug-likeness (QED) is 0.130. The van der Waals surface area contributed by atoms with Gasteiger partial charge < -0.3 is 58.9 Å². The van der Waals surface area contributed by atoms with E-state index in [1.807, 2.05) is 0 Å². The number of anilines is 2. The average Bonchev–Trinajstić information content (AvgIpc) is 2.74. The van der Waals surface area contributed by atoms with Gasteiger partial charge in [0.2, 0.25) is 0 Å². The first kappa shape index (κ1) is 46.5. The second kappa shape index (κ2) is 24.3. The third-order valence-electron chi connectivity index (χ3n) is 4.79. The van der Waals surface area contributed by atoms with Crippen LogP contribution in [0, 0.1) is 13.8 Å². The van der Waals surface area contributed by atoms with E-state index in [0.29, 0.717) is 0 Å². The minimum absolute atomic E-state index is 0. The Balaban J connectivity index is -0.00000342. The third kappa shape index (κ3) is 17.5. The van der Waals surface area contributed by atoms with E-state index in [2.05, 4.69) is 0 Å². The molecule has 0 amide bonds. The van der Waals surface area contributed by atoms with Gasteiger partial charge in [-0.1, -0.05) is 12.1 Å². The molecule has 0 atom stereocenters. The second-order valence-electron chi connectivity index (χ2n) is 7.84. The number of hydrogen-bond acceptors (Lipinski definition) is 12. The number of ether oxygens (including phenoxy) is 2. The zero-order valence-corrected chi connectivity index (χ0v) is 36.2. The van der Waals surface area contributed by atoms with Crippen molar-refractivity contribution in [2.45, 2.75) is 13.8 Å². The second-order valence-corrected chi connectivity index (χ2v) is 7.84. The number of carbonyl (C=O) groups excluding carboxylic acids is 4. The van der Waals surface area contributed by atoms with Crippen LogP contribution in [0.2, 0.25) is 0 Å². The van der Waals surface area contributed by atoms with Crippen molar-refractivity contribution in [3.63, 3.8) is 0 Å². The van der Waals surface area contributed by atoms with Crippen molar-refractivity contribution in [3.05, 3.63) is 47.5 Å². The summed E-state index contributed by atoms with van der Waals surface area (Å²) in [4.78, 5) is 46.4. The fourth-order valence-electron chi connectivity index (χ4n) is 3.38. The van der Waals surface area contributed by atoms with Crippen molar-refractivity contribution in [2.24, 2.45) is 0 Å². The van der Waals surface area contributed by atoms with Gasteiger partial charge in [-0.15, -0.1) is 0 Å². The molecule has 0 bridgehead atoms. The van der Waals surface area contributed by atoms with E-state index < -0.39 is 50.1 Å². The van der Waals surface area contributed by atoms with Gasteiger partial charge in [-0.3, -0.25) is 0 Å². The van der Waals surface area contributed by atoms with Gasteiger partial charge in [0.15, 0.2) is 0 Å². The van der Waals surface area contributed by atoms with Crippen LogP contribution < -0.4 is 245 Å². The van der Waals surface area contributed by atoms with E-state index in [1.165, 1.54) is 12.1 Å². The molecule has 0 heterocycles. The van der Waals surface area contributed by atoms with Crippen LogP contribution in [0.15, 0.2) is 36.4 Å². The summed E-state index contributed by atoms with van der Waals surface area (Å²) in [7, 11) is 0. The van der Waals surface area contributed by atoms with Gasteiger partial charge in [0.1, 0.15) is 24.7 Å². The molecule has 194 valence electrons. The number of aliphatic carboxylic acids is 4. The average molecular weight is 657 g/mol. The van der Waals surface area contributed by atoms with Crippen molar-refractivity contribution < 1.29 is 255 Å². The van der Waals surface area contributed by atoms with Crippen LogP contribution in [0.5, 0.6) is 11.5 Å². The molecular weight excluding hydrogens is 633 g/mol. The van der Waals surface area contributed by atoms with Crippen LogP contribution >= 0.6 is 0 Å². The molecule has 16 heteroatoms. The van der Waals surface area contributed by atoms with Crippen LogP contribution in [0.3, 0.4) is 0 Å². The molecule has 0 saturated carbocycles. The summed E-state index contributed by atoms with van der Waals surface area (Å²) in [5.74, 6) is -5.57. The van der Waals surface area contributed by atoms with Gasteiger partial charge >= 0.3 is 206 Å². The van der Waals surface area contributed by atoms with E-state index in [-0.39, 0.29) is 242 Å².